The Morgan fingerprint density at radius 1 is 1.18 bits per heavy atom. The van der Waals surface area contributed by atoms with Crippen LogP contribution in [-0.2, 0) is 16.1 Å². The number of primary amides is 1. The minimum absolute atomic E-state index is 0.0233. The van der Waals surface area contributed by atoms with Gasteiger partial charge in [-0.05, 0) is 36.8 Å². The molecule has 3 N–H and O–H groups in total. The summed E-state index contributed by atoms with van der Waals surface area (Å²) in [5.41, 5.74) is 5.16. The number of esters is 1. The number of nitrogens with zero attached hydrogens (tertiary/aromatic N) is 2. The Bertz CT molecular complexity index is 1060. The highest BCUT2D eigenvalue weighted by Gasteiger charge is 2.53. The van der Waals surface area contributed by atoms with Crippen LogP contribution in [0.25, 0.3) is 0 Å². The molecule has 1 unspecified atom stereocenters. The zero-order chi connectivity index (χ0) is 24.9. The Balaban J connectivity index is 1.73. The second-order valence-electron chi connectivity index (χ2n) is 8.26. The number of nitro groups is 1. The summed E-state index contributed by atoms with van der Waals surface area (Å²) in [5.74, 6) is -0.886. The maximum Gasteiger partial charge on any atom is 0.410 e. The van der Waals surface area contributed by atoms with E-state index in [2.05, 4.69) is 5.32 Å². The van der Waals surface area contributed by atoms with E-state index in [1.807, 2.05) is 6.92 Å². The van der Waals surface area contributed by atoms with E-state index in [1.165, 1.54) is 29.2 Å². The average molecular weight is 470 g/mol. The molecular weight excluding hydrogens is 444 g/mol. The first kappa shape index (κ1) is 24.5. The first-order valence-corrected chi connectivity index (χ1v) is 10.6. The second-order valence-corrected chi connectivity index (χ2v) is 8.26. The summed E-state index contributed by atoms with van der Waals surface area (Å²) in [6, 6.07) is 13.4. The van der Waals surface area contributed by atoms with Gasteiger partial charge in [-0.3, -0.25) is 15.0 Å². The third-order valence-corrected chi connectivity index (χ3v) is 6.14. The first-order chi connectivity index (χ1) is 16.1. The number of benzene rings is 2. The molecule has 1 aliphatic rings. The number of carbonyl (C=O) groups excluding carboxylic acids is 3. The molecule has 1 aliphatic heterocycles. The highest BCUT2D eigenvalue weighted by atomic mass is 16.6. The Morgan fingerprint density at radius 3 is 2.41 bits per heavy atom. The maximum atomic E-state index is 13.0. The third-order valence-electron chi connectivity index (χ3n) is 6.14. The van der Waals surface area contributed by atoms with Crippen LogP contribution >= 0.6 is 0 Å². The normalized spacial score (nSPS) is 21.5. The van der Waals surface area contributed by atoms with Gasteiger partial charge in [0.25, 0.3) is 5.69 Å². The number of rotatable bonds is 7. The molecule has 0 aliphatic carbocycles. The van der Waals surface area contributed by atoms with Crippen LogP contribution in [0.1, 0.15) is 29.8 Å². The molecule has 34 heavy (non-hydrogen) atoms. The van der Waals surface area contributed by atoms with Crippen molar-refractivity contribution in [1.29, 1.82) is 0 Å². The number of carbonyl (C=O) groups is 3. The summed E-state index contributed by atoms with van der Waals surface area (Å²) in [7, 11) is 0. The molecule has 1 heterocycles. The van der Waals surface area contributed by atoms with Gasteiger partial charge < -0.3 is 20.5 Å². The van der Waals surface area contributed by atoms with Gasteiger partial charge in [-0.15, -0.1) is 0 Å². The smallest absolute Gasteiger partial charge is 0.410 e. The Labute approximate surface area is 196 Å². The molecule has 2 aromatic rings. The molecule has 1 saturated heterocycles. The number of hydrogen-bond acceptors (Lipinski definition) is 7. The van der Waals surface area contributed by atoms with Gasteiger partial charge in [0.1, 0.15) is 12.7 Å². The summed E-state index contributed by atoms with van der Waals surface area (Å²) < 4.78 is 11.1. The molecule has 2 aromatic carbocycles. The van der Waals surface area contributed by atoms with E-state index in [0.717, 1.165) is 0 Å². The molecule has 11 heteroatoms. The van der Waals surface area contributed by atoms with Crippen LogP contribution in [0.3, 0.4) is 0 Å². The van der Waals surface area contributed by atoms with Crippen LogP contribution in [0.5, 0.6) is 0 Å². The summed E-state index contributed by atoms with van der Waals surface area (Å²) >= 11 is 0. The van der Waals surface area contributed by atoms with E-state index in [-0.39, 0.29) is 31.3 Å². The molecule has 0 bridgehead atoms. The Kier molecular flexibility index (Phi) is 7.34. The Hall–Kier alpha value is -4.15. The number of urea groups is 1. The molecule has 0 spiro atoms. The van der Waals surface area contributed by atoms with Gasteiger partial charge in [0.05, 0.1) is 22.6 Å². The van der Waals surface area contributed by atoms with Gasteiger partial charge in [-0.1, -0.05) is 25.1 Å². The average Bonchev–Trinajstić information content (AvgIpc) is 3.07. The summed E-state index contributed by atoms with van der Waals surface area (Å²) in [4.78, 5) is 48.6. The fourth-order valence-corrected chi connectivity index (χ4v) is 3.85. The molecule has 11 nitrogen and oxygen atoms in total. The number of nitro benzene ring substituents is 1. The quantitative estimate of drug-likeness (QED) is 0.358. The summed E-state index contributed by atoms with van der Waals surface area (Å²) in [5, 5.41) is 13.3. The van der Waals surface area contributed by atoms with E-state index in [1.54, 1.807) is 37.3 Å². The van der Waals surface area contributed by atoms with Gasteiger partial charge in [-0.2, -0.15) is 0 Å². The highest BCUT2D eigenvalue weighted by molar-refractivity contribution is 5.89. The van der Waals surface area contributed by atoms with E-state index in [4.69, 9.17) is 15.2 Å². The minimum Gasteiger partial charge on any atom is -0.457 e. The molecule has 0 saturated carbocycles. The van der Waals surface area contributed by atoms with Crippen molar-refractivity contribution in [2.45, 2.75) is 32.1 Å². The number of likely N-dealkylation sites (tertiary alicyclic amines) is 1. The maximum absolute atomic E-state index is 13.0. The molecule has 3 rings (SSSR count). The molecule has 0 radical (unpaired) electrons. The number of nitrogens with one attached hydrogen (secondary N) is 1. The van der Waals surface area contributed by atoms with Gasteiger partial charge in [0, 0.05) is 24.6 Å². The van der Waals surface area contributed by atoms with Crippen molar-refractivity contribution in [2.24, 2.45) is 11.7 Å². The topological polar surface area (TPSA) is 154 Å². The van der Waals surface area contributed by atoms with Crippen molar-refractivity contribution in [3.8, 4) is 0 Å². The fourth-order valence-electron chi connectivity index (χ4n) is 3.85. The molecule has 1 fully saturated rings. The van der Waals surface area contributed by atoms with Crippen molar-refractivity contribution in [3.05, 3.63) is 75.8 Å². The first-order valence-electron chi connectivity index (χ1n) is 10.6. The standard InChI is InChI=1S/C23H26N4O7/c1-15-19(34-20(28)17-6-4-3-5-7-17)12-26(23(15,2)14-25-21(24)29)22(30)33-13-16-8-10-18(11-9-16)27(31)32/h3-11,15,19H,12-14H2,1-2H3,(H3,24,25,29)/t15?,19-,23+/m0/s1. The second kappa shape index (κ2) is 10.2. The van der Waals surface area contributed by atoms with Crippen molar-refractivity contribution in [2.75, 3.05) is 13.1 Å². The molecular formula is C23H26N4O7. The SMILES string of the molecule is CC1[C@@H](OC(=O)c2ccccc2)CN(C(=O)OCc2ccc([N+](=O)[O-])cc2)[C@]1(C)CNC(N)=O. The van der Waals surface area contributed by atoms with Crippen molar-refractivity contribution in [3.63, 3.8) is 0 Å². The van der Waals surface area contributed by atoms with Crippen molar-refractivity contribution >= 4 is 23.8 Å². The number of amides is 3. The lowest BCUT2D eigenvalue weighted by molar-refractivity contribution is -0.384. The molecule has 3 amide bonds. The number of ether oxygens (including phenoxy) is 2. The summed E-state index contributed by atoms with van der Waals surface area (Å²) in [6.07, 6.45) is -1.34. The number of hydrogen-bond donors (Lipinski definition) is 2. The van der Waals surface area contributed by atoms with Gasteiger partial charge in [0.2, 0.25) is 0 Å². The van der Waals surface area contributed by atoms with Gasteiger partial charge in [0.15, 0.2) is 0 Å². The van der Waals surface area contributed by atoms with Gasteiger partial charge >= 0.3 is 18.1 Å². The van der Waals surface area contributed by atoms with Crippen LogP contribution in [-0.4, -0.2) is 52.6 Å². The monoisotopic (exact) mass is 470 g/mol. The predicted molar refractivity (Wildman–Crippen MR) is 121 cm³/mol. The highest BCUT2D eigenvalue weighted by Crippen LogP contribution is 2.37. The van der Waals surface area contributed by atoms with Gasteiger partial charge in [-0.25, -0.2) is 14.4 Å². The summed E-state index contributed by atoms with van der Waals surface area (Å²) in [6.45, 7) is 3.52. The van der Waals surface area contributed by atoms with Crippen LogP contribution in [0, 0.1) is 16.0 Å². The van der Waals surface area contributed by atoms with Crippen molar-refractivity contribution in [1.82, 2.24) is 10.2 Å². The van der Waals surface area contributed by atoms with E-state index >= 15 is 0 Å². The zero-order valence-electron chi connectivity index (χ0n) is 18.8. The van der Waals surface area contributed by atoms with Crippen LogP contribution in [0.2, 0.25) is 0 Å². The van der Waals surface area contributed by atoms with Crippen molar-refractivity contribution < 1.29 is 28.8 Å². The van der Waals surface area contributed by atoms with E-state index in [0.29, 0.717) is 11.1 Å². The minimum atomic E-state index is -0.955. The lowest BCUT2D eigenvalue weighted by Crippen LogP contribution is -2.55. The van der Waals surface area contributed by atoms with Crippen LogP contribution in [0.4, 0.5) is 15.3 Å². The predicted octanol–water partition coefficient (Wildman–Crippen LogP) is 2.84. The lowest BCUT2D eigenvalue weighted by atomic mass is 9.86. The molecule has 180 valence electrons. The number of nitrogens with two attached hydrogens (primary N) is 1. The zero-order valence-corrected chi connectivity index (χ0v) is 18.8. The third kappa shape index (κ3) is 5.42. The van der Waals surface area contributed by atoms with E-state index in [9.17, 15) is 24.5 Å². The fraction of sp³-hybridized carbons (Fsp3) is 0.348. The lowest BCUT2D eigenvalue weighted by Gasteiger charge is -2.37. The molecule has 0 aromatic heterocycles. The molecule has 3 atom stereocenters. The largest absolute Gasteiger partial charge is 0.457 e. The van der Waals surface area contributed by atoms with Crippen LogP contribution in [0.15, 0.2) is 54.6 Å². The van der Waals surface area contributed by atoms with E-state index < -0.39 is 34.7 Å². The Morgan fingerprint density at radius 2 is 1.82 bits per heavy atom. The van der Waals surface area contributed by atoms with Crippen LogP contribution < -0.4 is 11.1 Å². The number of non-ortho nitro benzene ring substituents is 1.